The number of aromatic amines is 1. The van der Waals surface area contributed by atoms with Gasteiger partial charge in [0.2, 0.25) is 0 Å². The first-order valence-corrected chi connectivity index (χ1v) is 9.81. The summed E-state index contributed by atoms with van der Waals surface area (Å²) in [5.74, 6) is 1.16. The summed E-state index contributed by atoms with van der Waals surface area (Å²) in [5.41, 5.74) is 0.424. The van der Waals surface area contributed by atoms with E-state index in [-0.39, 0.29) is 18.0 Å². The van der Waals surface area contributed by atoms with Crippen LogP contribution >= 0.6 is 0 Å². The molecule has 10 heteroatoms. The van der Waals surface area contributed by atoms with Crippen molar-refractivity contribution in [2.24, 2.45) is 0 Å². The molecule has 7 nitrogen and oxygen atoms in total. The number of carbonyl (C=O) groups excluding carboxylic acids is 1. The van der Waals surface area contributed by atoms with Crippen molar-refractivity contribution < 1.29 is 27.4 Å². The van der Waals surface area contributed by atoms with Crippen molar-refractivity contribution in [2.75, 3.05) is 17.7 Å². The zero-order valence-corrected chi connectivity index (χ0v) is 17.4. The molecule has 0 bridgehead atoms. The highest BCUT2D eigenvalue weighted by Crippen LogP contribution is 2.33. The van der Waals surface area contributed by atoms with E-state index in [9.17, 15) is 18.0 Å². The smallest absolute Gasteiger partial charge is 0.416 e. The predicted molar refractivity (Wildman–Crippen MR) is 118 cm³/mol. The average Bonchev–Trinajstić information content (AvgIpc) is 3.19. The Morgan fingerprint density at radius 1 is 1.00 bits per heavy atom. The third-order valence-electron chi connectivity index (χ3n) is 4.81. The number of hydrogen-bond acceptors (Lipinski definition) is 4. The van der Waals surface area contributed by atoms with E-state index in [1.807, 2.05) is 0 Å². The molecule has 1 aromatic heterocycles. The van der Waals surface area contributed by atoms with Crippen LogP contribution in [-0.4, -0.2) is 23.3 Å². The molecule has 0 fully saturated rings. The zero-order valence-electron chi connectivity index (χ0n) is 17.4. The number of nitrogens with one attached hydrogen (secondary N) is 3. The van der Waals surface area contributed by atoms with Crippen LogP contribution in [0, 0.1) is 0 Å². The largest absolute Gasteiger partial charge is 0.497 e. The van der Waals surface area contributed by atoms with E-state index in [1.54, 1.807) is 42.5 Å². The highest BCUT2D eigenvalue weighted by Gasteiger charge is 2.33. The summed E-state index contributed by atoms with van der Waals surface area (Å²) in [6.07, 6.45) is -4.47. The number of rotatable bonds is 6. The highest BCUT2D eigenvalue weighted by molar-refractivity contribution is 6.04. The van der Waals surface area contributed by atoms with Gasteiger partial charge in [-0.2, -0.15) is 18.3 Å². The minimum atomic E-state index is -4.47. The van der Waals surface area contributed by atoms with Gasteiger partial charge in [-0.3, -0.25) is 10.4 Å². The van der Waals surface area contributed by atoms with E-state index < -0.39 is 17.8 Å². The molecule has 1 heterocycles. The number of benzene rings is 3. The maximum atomic E-state index is 13.2. The molecule has 33 heavy (non-hydrogen) atoms. The maximum absolute atomic E-state index is 13.2. The van der Waals surface area contributed by atoms with Gasteiger partial charge in [0, 0.05) is 22.7 Å². The summed E-state index contributed by atoms with van der Waals surface area (Å²) < 4.78 is 50.3. The molecule has 3 N–H and O–H groups in total. The van der Waals surface area contributed by atoms with Gasteiger partial charge in [0.05, 0.1) is 18.2 Å². The maximum Gasteiger partial charge on any atom is 0.416 e. The Balaban J connectivity index is 1.48. The van der Waals surface area contributed by atoms with Gasteiger partial charge in [-0.25, -0.2) is 4.79 Å². The second kappa shape index (κ2) is 9.11. The lowest BCUT2D eigenvalue weighted by atomic mass is 10.1. The number of methoxy groups -OCH3 is 1. The standard InChI is InChI=1S/C23H19F3N4O3/c1-32-16-7-4-6-15(11-16)27-22(31)28-21-18-12-17(9-10-20(18)29-30-21)33-13-14-5-2-3-8-19(14)23(24,25)26/h2-12H,13H2,1H3,(H3,27,28,29,30,31). The first kappa shape index (κ1) is 22.0. The number of urea groups is 1. The molecule has 0 saturated heterocycles. The van der Waals surface area contributed by atoms with Gasteiger partial charge in [0.15, 0.2) is 5.82 Å². The van der Waals surface area contributed by atoms with Crippen LogP contribution in [0.2, 0.25) is 0 Å². The molecule has 2 amide bonds. The van der Waals surface area contributed by atoms with Gasteiger partial charge in [0.25, 0.3) is 0 Å². The molecule has 0 aliphatic heterocycles. The van der Waals surface area contributed by atoms with E-state index in [0.717, 1.165) is 6.07 Å². The monoisotopic (exact) mass is 456 g/mol. The number of ether oxygens (including phenoxy) is 2. The Kier molecular flexibility index (Phi) is 6.07. The fourth-order valence-corrected chi connectivity index (χ4v) is 3.23. The SMILES string of the molecule is COc1cccc(NC(=O)Nc2n[nH]c3ccc(OCc4ccccc4C(F)(F)F)cc23)c1. The molecule has 0 saturated carbocycles. The molecular weight excluding hydrogens is 437 g/mol. The molecule has 4 rings (SSSR count). The summed E-state index contributed by atoms with van der Waals surface area (Å²) in [7, 11) is 1.52. The molecule has 170 valence electrons. The van der Waals surface area contributed by atoms with E-state index in [0.29, 0.717) is 28.1 Å². The lowest BCUT2D eigenvalue weighted by molar-refractivity contribution is -0.138. The van der Waals surface area contributed by atoms with Crippen LogP contribution < -0.4 is 20.1 Å². The van der Waals surface area contributed by atoms with Crippen LogP contribution in [0.4, 0.5) is 29.5 Å². The Morgan fingerprint density at radius 2 is 1.82 bits per heavy atom. The van der Waals surface area contributed by atoms with Gasteiger partial charge in [-0.1, -0.05) is 24.3 Å². The predicted octanol–water partition coefficient (Wildman–Crippen LogP) is 5.81. The van der Waals surface area contributed by atoms with Gasteiger partial charge >= 0.3 is 12.2 Å². The number of amides is 2. The number of carbonyl (C=O) groups is 1. The molecule has 0 atom stereocenters. The number of anilines is 2. The third-order valence-corrected chi connectivity index (χ3v) is 4.81. The number of H-pyrrole nitrogens is 1. The molecule has 0 aliphatic carbocycles. The third kappa shape index (κ3) is 5.17. The van der Waals surface area contributed by atoms with Gasteiger partial charge in [-0.15, -0.1) is 0 Å². The van der Waals surface area contributed by atoms with Crippen LogP contribution in [0.25, 0.3) is 10.9 Å². The van der Waals surface area contributed by atoms with E-state index in [1.165, 1.54) is 25.3 Å². The number of halogens is 3. The summed E-state index contributed by atoms with van der Waals surface area (Å²) in [6.45, 7) is -0.266. The second-order valence-electron chi connectivity index (χ2n) is 7.03. The molecule has 3 aromatic carbocycles. The number of hydrogen-bond donors (Lipinski definition) is 3. The lowest BCUT2D eigenvalue weighted by Gasteiger charge is -2.13. The Morgan fingerprint density at radius 3 is 2.61 bits per heavy atom. The number of nitrogens with zero attached hydrogens (tertiary/aromatic N) is 1. The summed E-state index contributed by atoms with van der Waals surface area (Å²) in [5, 5.41) is 12.7. The molecule has 4 aromatic rings. The Labute approximate surface area is 186 Å². The Hall–Kier alpha value is -4.21. The van der Waals surface area contributed by atoms with E-state index in [4.69, 9.17) is 9.47 Å². The topological polar surface area (TPSA) is 88.3 Å². The number of fused-ring (bicyclic) bond motifs is 1. The summed E-state index contributed by atoms with van der Waals surface area (Å²) in [4.78, 5) is 12.4. The quantitative estimate of drug-likeness (QED) is 0.342. The highest BCUT2D eigenvalue weighted by atomic mass is 19.4. The van der Waals surface area contributed by atoms with Gasteiger partial charge in [0.1, 0.15) is 18.1 Å². The van der Waals surface area contributed by atoms with Crippen LogP contribution in [0.3, 0.4) is 0 Å². The molecule has 0 aliphatic rings. The minimum Gasteiger partial charge on any atom is -0.497 e. The van der Waals surface area contributed by atoms with E-state index in [2.05, 4.69) is 20.8 Å². The van der Waals surface area contributed by atoms with Crippen LogP contribution in [0.5, 0.6) is 11.5 Å². The van der Waals surface area contributed by atoms with Crippen molar-refractivity contribution in [3.8, 4) is 11.5 Å². The molecule has 0 unspecified atom stereocenters. The van der Waals surface area contributed by atoms with Crippen molar-refractivity contribution in [3.63, 3.8) is 0 Å². The fraction of sp³-hybridized carbons (Fsp3) is 0.130. The number of aromatic nitrogens is 2. The van der Waals surface area contributed by atoms with Crippen molar-refractivity contribution in [3.05, 3.63) is 77.9 Å². The van der Waals surface area contributed by atoms with Crippen LogP contribution in [0.15, 0.2) is 66.7 Å². The van der Waals surface area contributed by atoms with Gasteiger partial charge in [-0.05, 0) is 36.4 Å². The van der Waals surface area contributed by atoms with Crippen LogP contribution in [0.1, 0.15) is 11.1 Å². The second-order valence-corrected chi connectivity index (χ2v) is 7.03. The van der Waals surface area contributed by atoms with Crippen molar-refractivity contribution in [1.82, 2.24) is 10.2 Å². The summed E-state index contributed by atoms with van der Waals surface area (Å²) >= 11 is 0. The Bertz CT molecular complexity index is 1290. The number of alkyl halides is 3. The molecular formula is C23H19F3N4O3. The molecule has 0 radical (unpaired) electrons. The first-order chi connectivity index (χ1) is 15.8. The average molecular weight is 456 g/mol. The minimum absolute atomic E-state index is 0.0216. The van der Waals surface area contributed by atoms with Crippen LogP contribution in [-0.2, 0) is 12.8 Å². The normalized spacial score (nSPS) is 11.3. The van der Waals surface area contributed by atoms with Gasteiger partial charge < -0.3 is 14.8 Å². The summed E-state index contributed by atoms with van der Waals surface area (Å²) in [6, 6.07) is 16.4. The van der Waals surface area contributed by atoms with E-state index >= 15 is 0 Å². The van der Waals surface area contributed by atoms with Crippen molar-refractivity contribution in [1.29, 1.82) is 0 Å². The first-order valence-electron chi connectivity index (χ1n) is 9.81. The molecule has 0 spiro atoms. The van der Waals surface area contributed by atoms with Crippen molar-refractivity contribution in [2.45, 2.75) is 12.8 Å². The lowest BCUT2D eigenvalue weighted by Crippen LogP contribution is -2.19. The zero-order chi connectivity index (χ0) is 23.4. The fourth-order valence-electron chi connectivity index (χ4n) is 3.23. The van der Waals surface area contributed by atoms with Crippen molar-refractivity contribution >= 4 is 28.4 Å².